The molecule has 28 heavy (non-hydrogen) atoms. The highest BCUT2D eigenvalue weighted by Gasteiger charge is 2.20. The number of carbonyl (C=O) groups excluding carboxylic acids is 1. The molecule has 0 aliphatic heterocycles. The molecular formula is C17H28IN7O2S. The van der Waals surface area contributed by atoms with Gasteiger partial charge in [0, 0.05) is 13.1 Å². The van der Waals surface area contributed by atoms with Gasteiger partial charge in [-0.05, 0) is 34.6 Å². The van der Waals surface area contributed by atoms with Gasteiger partial charge in [0.1, 0.15) is 22.8 Å². The lowest BCUT2D eigenvalue weighted by Crippen LogP contribution is -2.38. The number of halogens is 1. The number of aliphatic imine (C=N–C) groups is 1. The zero-order valence-electron chi connectivity index (χ0n) is 16.9. The van der Waals surface area contributed by atoms with Crippen LogP contribution in [0.3, 0.4) is 0 Å². The smallest absolute Gasteiger partial charge is 0.350 e. The molecule has 9 nitrogen and oxygen atoms in total. The number of guanidine groups is 1. The first-order valence-corrected chi connectivity index (χ1v) is 9.87. The first-order valence-electron chi connectivity index (χ1n) is 9.06. The van der Waals surface area contributed by atoms with E-state index in [9.17, 15) is 4.79 Å². The summed E-state index contributed by atoms with van der Waals surface area (Å²) in [6, 6.07) is -0.112. The van der Waals surface area contributed by atoms with E-state index < -0.39 is 0 Å². The minimum absolute atomic E-state index is 0. The zero-order valence-corrected chi connectivity index (χ0v) is 20.0. The molecule has 0 aliphatic rings. The Bertz CT molecular complexity index is 790. The van der Waals surface area contributed by atoms with Crippen molar-refractivity contribution >= 4 is 47.2 Å². The number of hydrogen-bond acceptors (Lipinski definition) is 7. The van der Waals surface area contributed by atoms with E-state index in [-0.39, 0.29) is 36.0 Å². The molecule has 2 aromatic heterocycles. The summed E-state index contributed by atoms with van der Waals surface area (Å²) in [7, 11) is 0. The van der Waals surface area contributed by atoms with E-state index in [0.29, 0.717) is 29.7 Å². The number of hydrogen-bond donors (Lipinski definition) is 2. The van der Waals surface area contributed by atoms with Crippen molar-refractivity contribution in [2.75, 3.05) is 13.2 Å². The maximum Gasteiger partial charge on any atom is 0.350 e. The number of thiazole rings is 1. The fourth-order valence-corrected chi connectivity index (χ4v) is 3.35. The molecule has 0 spiro atoms. The second-order valence-electron chi connectivity index (χ2n) is 5.78. The Hall–Kier alpha value is -1.76. The summed E-state index contributed by atoms with van der Waals surface area (Å²) in [5.41, 5.74) is 0.681. The molecule has 2 aromatic rings. The van der Waals surface area contributed by atoms with Gasteiger partial charge < -0.3 is 19.9 Å². The summed E-state index contributed by atoms with van der Waals surface area (Å²) in [5, 5.41) is 15.4. The third-order valence-corrected chi connectivity index (χ3v) is 5.08. The van der Waals surface area contributed by atoms with E-state index in [0.717, 1.165) is 23.9 Å². The lowest BCUT2D eigenvalue weighted by Gasteiger charge is -2.16. The molecule has 11 heteroatoms. The molecule has 1 unspecified atom stereocenters. The normalized spacial score (nSPS) is 12.2. The third kappa shape index (κ3) is 6.40. The molecule has 2 rings (SSSR count). The number of carbonyl (C=O) groups is 1. The second-order valence-corrected chi connectivity index (χ2v) is 6.81. The van der Waals surface area contributed by atoms with Gasteiger partial charge in [-0.2, -0.15) is 0 Å². The van der Waals surface area contributed by atoms with Crippen molar-refractivity contribution in [2.24, 2.45) is 4.99 Å². The lowest BCUT2D eigenvalue weighted by molar-refractivity contribution is 0.0531. The van der Waals surface area contributed by atoms with Crippen molar-refractivity contribution in [1.82, 2.24) is 30.4 Å². The fraction of sp³-hybridized carbons (Fsp3) is 0.588. The molecule has 0 aromatic carbocycles. The van der Waals surface area contributed by atoms with E-state index >= 15 is 0 Å². The molecule has 0 fully saturated rings. The average molecular weight is 521 g/mol. The monoisotopic (exact) mass is 521 g/mol. The van der Waals surface area contributed by atoms with E-state index in [2.05, 4.69) is 30.8 Å². The minimum atomic E-state index is -0.328. The van der Waals surface area contributed by atoms with Crippen LogP contribution in [0.4, 0.5) is 0 Å². The van der Waals surface area contributed by atoms with Crippen LogP contribution in [0.5, 0.6) is 0 Å². The van der Waals surface area contributed by atoms with E-state index in [1.165, 1.54) is 11.3 Å². The Morgan fingerprint density at radius 1 is 1.39 bits per heavy atom. The van der Waals surface area contributed by atoms with E-state index in [1.54, 1.807) is 13.3 Å². The van der Waals surface area contributed by atoms with Crippen LogP contribution in [0.15, 0.2) is 11.3 Å². The fourth-order valence-electron chi connectivity index (χ4n) is 2.39. The predicted octanol–water partition coefficient (Wildman–Crippen LogP) is 2.67. The molecule has 0 saturated heterocycles. The van der Waals surface area contributed by atoms with Crippen LogP contribution in [0.1, 0.15) is 59.9 Å². The standard InChI is InChI=1S/C17H27N7O2S.HI/c1-6-18-17(19-9-13-23-20-10-24(13)7-2)22-12(5)15-21-11(4)14(27-15)16(25)26-8-3;/h10,12H,6-9H2,1-5H3,(H2,18,19,22);1H. The van der Waals surface area contributed by atoms with Gasteiger partial charge in [-0.1, -0.05) is 0 Å². The SMILES string of the molecule is CCNC(=NCc1nncn1CC)NC(C)c1nc(C)c(C(=O)OCC)s1.I. The number of aryl methyl sites for hydroxylation is 2. The average Bonchev–Trinajstić information content (AvgIpc) is 3.26. The number of nitrogens with zero attached hydrogens (tertiary/aromatic N) is 5. The second kappa shape index (κ2) is 11.9. The zero-order chi connectivity index (χ0) is 19.8. The van der Waals surface area contributed by atoms with Crippen LogP contribution in [0.25, 0.3) is 0 Å². The molecule has 2 heterocycles. The van der Waals surface area contributed by atoms with Gasteiger partial charge in [-0.25, -0.2) is 14.8 Å². The van der Waals surface area contributed by atoms with Crippen LogP contribution in [0, 0.1) is 6.92 Å². The number of ether oxygens (including phenoxy) is 1. The number of esters is 1. The summed E-state index contributed by atoms with van der Waals surface area (Å²) in [5.74, 6) is 1.13. The molecule has 0 bridgehead atoms. The molecular weight excluding hydrogens is 493 g/mol. The van der Waals surface area contributed by atoms with Gasteiger partial charge in [0.05, 0.1) is 18.3 Å². The van der Waals surface area contributed by atoms with Gasteiger partial charge in [0.25, 0.3) is 0 Å². The van der Waals surface area contributed by atoms with Crippen LogP contribution in [-0.4, -0.2) is 44.8 Å². The Kier molecular flexibility index (Phi) is 10.4. The van der Waals surface area contributed by atoms with Crippen molar-refractivity contribution in [2.45, 2.75) is 53.8 Å². The van der Waals surface area contributed by atoms with Gasteiger partial charge in [-0.3, -0.25) is 0 Å². The highest BCUT2D eigenvalue weighted by atomic mass is 127. The van der Waals surface area contributed by atoms with Gasteiger partial charge in [0.15, 0.2) is 11.8 Å². The third-order valence-electron chi connectivity index (χ3n) is 3.76. The summed E-state index contributed by atoms with van der Waals surface area (Å²) in [6.45, 7) is 11.9. The van der Waals surface area contributed by atoms with Crippen molar-refractivity contribution in [3.8, 4) is 0 Å². The molecule has 0 radical (unpaired) electrons. The van der Waals surface area contributed by atoms with Crippen molar-refractivity contribution < 1.29 is 9.53 Å². The van der Waals surface area contributed by atoms with Crippen LogP contribution in [0.2, 0.25) is 0 Å². The summed E-state index contributed by atoms with van der Waals surface area (Å²) in [6.07, 6.45) is 1.70. The summed E-state index contributed by atoms with van der Waals surface area (Å²) in [4.78, 5) is 21.6. The number of rotatable bonds is 8. The van der Waals surface area contributed by atoms with Crippen LogP contribution < -0.4 is 10.6 Å². The Labute approximate surface area is 186 Å². The quantitative estimate of drug-likeness (QED) is 0.238. The van der Waals surface area contributed by atoms with Crippen LogP contribution in [-0.2, 0) is 17.8 Å². The molecule has 0 amide bonds. The lowest BCUT2D eigenvalue weighted by atomic mass is 10.3. The van der Waals surface area contributed by atoms with E-state index in [1.807, 2.05) is 32.3 Å². The number of aromatic nitrogens is 4. The highest BCUT2D eigenvalue weighted by Crippen LogP contribution is 2.24. The first kappa shape index (κ1) is 24.3. The number of nitrogens with one attached hydrogen (secondary N) is 2. The van der Waals surface area contributed by atoms with Gasteiger partial charge in [0.2, 0.25) is 0 Å². The summed E-state index contributed by atoms with van der Waals surface area (Å²) < 4.78 is 7.03. The van der Waals surface area contributed by atoms with Gasteiger partial charge in [-0.15, -0.1) is 45.5 Å². The molecule has 0 saturated carbocycles. The topological polar surface area (TPSA) is 106 Å². The van der Waals surface area contributed by atoms with Crippen molar-refractivity contribution in [3.05, 3.63) is 27.7 Å². The molecule has 0 aliphatic carbocycles. The Balaban J connectivity index is 0.00000392. The minimum Gasteiger partial charge on any atom is -0.462 e. The van der Waals surface area contributed by atoms with Crippen molar-refractivity contribution in [3.63, 3.8) is 0 Å². The van der Waals surface area contributed by atoms with Crippen LogP contribution >= 0.6 is 35.3 Å². The Morgan fingerprint density at radius 2 is 2.14 bits per heavy atom. The Morgan fingerprint density at radius 3 is 2.79 bits per heavy atom. The summed E-state index contributed by atoms with van der Waals surface area (Å²) >= 11 is 1.34. The maximum atomic E-state index is 12.0. The molecule has 156 valence electrons. The van der Waals surface area contributed by atoms with Crippen molar-refractivity contribution in [1.29, 1.82) is 0 Å². The molecule has 1 atom stereocenters. The maximum absolute atomic E-state index is 12.0. The molecule has 2 N–H and O–H groups in total. The van der Waals surface area contributed by atoms with E-state index in [4.69, 9.17) is 4.74 Å². The largest absolute Gasteiger partial charge is 0.462 e. The predicted molar refractivity (Wildman–Crippen MR) is 120 cm³/mol. The highest BCUT2D eigenvalue weighted by molar-refractivity contribution is 14.0. The van der Waals surface area contributed by atoms with Gasteiger partial charge >= 0.3 is 5.97 Å². The first-order chi connectivity index (χ1) is 13.0.